The largest absolute Gasteiger partial charge is 0.456 e. The van der Waals surface area contributed by atoms with Gasteiger partial charge in [0.25, 0.3) is 0 Å². The van der Waals surface area contributed by atoms with Crippen LogP contribution < -0.4 is 0 Å². The Balaban J connectivity index is 1.15. The first-order valence-electron chi connectivity index (χ1n) is 19.8. The third kappa shape index (κ3) is 5.24. The van der Waals surface area contributed by atoms with E-state index in [2.05, 4.69) is 164 Å². The molecule has 11 rings (SSSR count). The van der Waals surface area contributed by atoms with E-state index in [0.29, 0.717) is 28.6 Å². The molecule has 1 heteroatoms. The Labute approximate surface area is 322 Å². The Morgan fingerprint density at radius 3 is 1.36 bits per heavy atom. The van der Waals surface area contributed by atoms with E-state index in [9.17, 15) is 1.37 Å². The number of rotatable bonds is 5. The van der Waals surface area contributed by atoms with E-state index in [1.807, 2.05) is 30.3 Å². The first kappa shape index (κ1) is 29.3. The molecule has 0 spiro atoms. The van der Waals surface area contributed by atoms with Crippen molar-refractivity contribution in [3.05, 3.63) is 206 Å². The lowest BCUT2D eigenvalue weighted by atomic mass is 9.84. The summed E-state index contributed by atoms with van der Waals surface area (Å²) in [4.78, 5) is 0. The van der Waals surface area contributed by atoms with Crippen molar-refractivity contribution in [2.24, 2.45) is 0 Å². The molecule has 10 aromatic carbocycles. The van der Waals surface area contributed by atoms with Crippen LogP contribution in [-0.2, 0) is 0 Å². The molecule has 1 heterocycles. The van der Waals surface area contributed by atoms with Gasteiger partial charge in [0.1, 0.15) is 11.2 Å². The quantitative estimate of drug-likeness (QED) is 0.163. The molecule has 0 unspecified atom stereocenters. The van der Waals surface area contributed by atoms with Gasteiger partial charge in [0, 0.05) is 10.8 Å². The van der Waals surface area contributed by atoms with Crippen LogP contribution in [0.5, 0.6) is 0 Å². The van der Waals surface area contributed by atoms with Gasteiger partial charge in [0.15, 0.2) is 0 Å². The normalized spacial score (nSPS) is 12.1. The van der Waals surface area contributed by atoms with Crippen LogP contribution in [0.15, 0.2) is 211 Å². The van der Waals surface area contributed by atoms with E-state index in [0.717, 1.165) is 44.0 Å². The third-order valence-electron chi connectivity index (χ3n) is 11.0. The Morgan fingerprint density at radius 2 is 0.745 bits per heavy atom. The van der Waals surface area contributed by atoms with Crippen LogP contribution in [0.3, 0.4) is 0 Å². The molecule has 0 radical (unpaired) electrons. The smallest absolute Gasteiger partial charge is 0.136 e. The molecule has 0 aliphatic rings. The summed E-state index contributed by atoms with van der Waals surface area (Å²) in [6.45, 7) is 0. The van der Waals surface area contributed by atoms with Gasteiger partial charge in [-0.2, -0.15) is 0 Å². The van der Waals surface area contributed by atoms with E-state index < -0.39 is 0 Å². The molecular formula is C54H34O. The van der Waals surface area contributed by atoms with Gasteiger partial charge in [-0.3, -0.25) is 0 Å². The molecule has 0 atom stereocenters. The van der Waals surface area contributed by atoms with Crippen molar-refractivity contribution < 1.29 is 7.16 Å². The lowest BCUT2D eigenvalue weighted by molar-refractivity contribution is 0.669. The summed E-state index contributed by atoms with van der Waals surface area (Å²) in [6, 6.07) is 69.0. The molecule has 0 amide bonds. The van der Waals surface area contributed by atoms with Crippen LogP contribution in [-0.4, -0.2) is 0 Å². The van der Waals surface area contributed by atoms with Gasteiger partial charge >= 0.3 is 0 Å². The summed E-state index contributed by atoms with van der Waals surface area (Å²) in [5.74, 6) is 0. The number of fused-ring (bicyclic) bond motifs is 6. The van der Waals surface area contributed by atoms with Crippen molar-refractivity contribution in [2.45, 2.75) is 0 Å². The fraction of sp³-hybridized carbons (Fsp3) is 0. The topological polar surface area (TPSA) is 13.1 Å². The Kier molecular flexibility index (Phi) is 6.77. The van der Waals surface area contributed by atoms with Crippen molar-refractivity contribution in [1.29, 1.82) is 0 Å². The third-order valence-corrected chi connectivity index (χ3v) is 11.0. The van der Waals surface area contributed by atoms with Crippen molar-refractivity contribution in [3.8, 4) is 55.6 Å². The van der Waals surface area contributed by atoms with E-state index in [4.69, 9.17) is 5.79 Å². The molecule has 0 saturated heterocycles. The highest BCUT2D eigenvalue weighted by Gasteiger charge is 2.19. The summed E-state index contributed by atoms with van der Waals surface area (Å²) < 4.78 is 24.9. The number of benzene rings is 10. The highest BCUT2D eigenvalue weighted by molar-refractivity contribution is 6.22. The second kappa shape index (κ2) is 12.7. The second-order valence-electron chi connectivity index (χ2n) is 14.2. The highest BCUT2D eigenvalue weighted by Crippen LogP contribution is 2.46. The maximum atomic E-state index is 9.25. The van der Waals surface area contributed by atoms with Crippen LogP contribution in [0.2, 0.25) is 0 Å². The van der Waals surface area contributed by atoms with Crippen molar-refractivity contribution >= 4 is 54.3 Å². The molecule has 1 nitrogen and oxygen atoms in total. The average Bonchev–Trinajstić information content (AvgIpc) is 3.67. The summed E-state index contributed by atoms with van der Waals surface area (Å²) in [7, 11) is 0. The molecule has 0 fully saturated rings. The Morgan fingerprint density at radius 1 is 0.291 bits per heavy atom. The zero-order valence-corrected chi connectivity index (χ0v) is 29.9. The number of hydrogen-bond acceptors (Lipinski definition) is 1. The number of furan rings is 1. The van der Waals surface area contributed by atoms with E-state index in [-0.39, 0.29) is 0 Å². The summed E-state index contributed by atoms with van der Waals surface area (Å²) in [5.41, 5.74) is 12.5. The minimum Gasteiger partial charge on any atom is -0.456 e. The van der Waals surface area contributed by atoms with Gasteiger partial charge in [0.2, 0.25) is 0 Å². The molecule has 1 aromatic heterocycles. The SMILES string of the molecule is [2H]c1c2ccccc2c([2H])c2c1oc1cc(-c3cccc(-c4c5ccccc5c(-c5cccc(-c6ccccc6)c5)c5ccccc45)c3)c(-c3ccccc3)cc12. The fourth-order valence-corrected chi connectivity index (χ4v) is 8.49. The van der Waals surface area contributed by atoms with Gasteiger partial charge < -0.3 is 4.42 Å². The zero-order valence-electron chi connectivity index (χ0n) is 31.9. The van der Waals surface area contributed by atoms with Gasteiger partial charge in [-0.1, -0.05) is 170 Å². The van der Waals surface area contributed by atoms with Crippen LogP contribution in [0, 0.1) is 0 Å². The summed E-state index contributed by atoms with van der Waals surface area (Å²) >= 11 is 0. The van der Waals surface area contributed by atoms with E-state index >= 15 is 0 Å². The van der Waals surface area contributed by atoms with Crippen LogP contribution >= 0.6 is 0 Å². The standard InChI is InChI=1S/C54H34O/c1-3-15-35(16-4-1)37-21-13-23-41(29-37)53-43-25-9-11-27-45(43)54(46-28-12-10-26-44(46)53)42-24-14-22-40(30-42)48-34-52-50(33-47(48)36-17-5-2-6-18-36)49-31-38-19-7-8-20-39(38)32-51(49)55-52/h1-34H/i31D,32D. The molecule has 0 N–H and O–H groups in total. The van der Waals surface area contributed by atoms with Gasteiger partial charge in [0.05, 0.1) is 2.74 Å². The van der Waals surface area contributed by atoms with Crippen LogP contribution in [0.4, 0.5) is 0 Å². The van der Waals surface area contributed by atoms with Crippen molar-refractivity contribution in [1.82, 2.24) is 0 Å². The maximum Gasteiger partial charge on any atom is 0.136 e. The highest BCUT2D eigenvalue weighted by atomic mass is 16.3. The summed E-state index contributed by atoms with van der Waals surface area (Å²) in [5, 5.41) is 7.81. The molecular weight excluding hydrogens is 665 g/mol. The maximum absolute atomic E-state index is 9.25. The molecule has 0 saturated carbocycles. The van der Waals surface area contributed by atoms with Gasteiger partial charge in [-0.25, -0.2) is 0 Å². The molecule has 0 bridgehead atoms. The first-order valence-corrected chi connectivity index (χ1v) is 18.8. The van der Waals surface area contributed by atoms with Gasteiger partial charge in [-0.15, -0.1) is 0 Å². The second-order valence-corrected chi connectivity index (χ2v) is 14.2. The molecule has 0 aliphatic heterocycles. The molecule has 11 aromatic rings. The molecule has 256 valence electrons. The molecule has 55 heavy (non-hydrogen) atoms. The monoisotopic (exact) mass is 700 g/mol. The minimum atomic E-state index is 0.312. The van der Waals surface area contributed by atoms with Crippen molar-refractivity contribution in [3.63, 3.8) is 0 Å². The lowest BCUT2D eigenvalue weighted by Crippen LogP contribution is -1.92. The van der Waals surface area contributed by atoms with Crippen LogP contribution in [0.1, 0.15) is 2.74 Å². The molecule has 0 aliphatic carbocycles. The average molecular weight is 701 g/mol. The Bertz CT molecular complexity index is 3310. The first-order chi connectivity index (χ1) is 28.1. The van der Waals surface area contributed by atoms with E-state index in [1.165, 1.54) is 49.4 Å². The zero-order chi connectivity index (χ0) is 38.0. The minimum absolute atomic E-state index is 0.312. The fourth-order valence-electron chi connectivity index (χ4n) is 8.49. The number of hydrogen-bond donors (Lipinski definition) is 0. The summed E-state index contributed by atoms with van der Waals surface area (Å²) in [6.07, 6.45) is 0. The van der Waals surface area contributed by atoms with E-state index in [1.54, 1.807) is 0 Å². The lowest BCUT2D eigenvalue weighted by Gasteiger charge is -2.19. The van der Waals surface area contributed by atoms with Crippen LogP contribution in [0.25, 0.3) is 110 Å². The predicted octanol–water partition coefficient (Wildman–Crippen LogP) is 15.4. The van der Waals surface area contributed by atoms with Gasteiger partial charge in [-0.05, 0) is 124 Å². The predicted molar refractivity (Wildman–Crippen MR) is 233 cm³/mol. The Hall–Kier alpha value is -7.22. The van der Waals surface area contributed by atoms with Crippen molar-refractivity contribution in [2.75, 3.05) is 0 Å².